The van der Waals surface area contributed by atoms with Crippen LogP contribution in [-0.2, 0) is 5.41 Å². The molecule has 3 aliphatic rings. The first kappa shape index (κ1) is 30.2. The summed E-state index contributed by atoms with van der Waals surface area (Å²) in [5, 5.41) is 0. The van der Waals surface area contributed by atoms with Crippen molar-refractivity contribution >= 4 is 32.9 Å². The third-order valence-electron chi connectivity index (χ3n) is 11.1. The van der Waals surface area contributed by atoms with Crippen molar-refractivity contribution in [3.8, 4) is 33.4 Å². The molecule has 242 valence electrons. The lowest BCUT2D eigenvalue weighted by Gasteiger charge is -2.34. The van der Waals surface area contributed by atoms with E-state index in [-0.39, 0.29) is 0 Å². The molecule has 0 saturated heterocycles. The van der Waals surface area contributed by atoms with Gasteiger partial charge >= 0.3 is 0 Å². The summed E-state index contributed by atoms with van der Waals surface area (Å²) in [5.41, 5.74) is 19.1. The SMILES string of the molecule is Brc1ccc(C2=CC=C(N(c3ccc4c(c3)C3(c5ccccc5-c5ccccc53)c3ccccc3-4)c3ccccc3-c3ccccc3)CC2)cc1. The molecule has 3 aliphatic carbocycles. The van der Waals surface area contributed by atoms with Gasteiger partial charge in [0.05, 0.1) is 11.1 Å². The van der Waals surface area contributed by atoms with Gasteiger partial charge in [0.1, 0.15) is 0 Å². The molecule has 0 bridgehead atoms. The molecule has 7 aromatic carbocycles. The van der Waals surface area contributed by atoms with Crippen LogP contribution in [0.15, 0.2) is 192 Å². The zero-order valence-electron chi connectivity index (χ0n) is 28.1. The molecular weight excluding hydrogens is 682 g/mol. The van der Waals surface area contributed by atoms with E-state index in [4.69, 9.17) is 0 Å². The lowest BCUT2D eigenvalue weighted by Crippen LogP contribution is -2.26. The summed E-state index contributed by atoms with van der Waals surface area (Å²) >= 11 is 3.61. The average molecular weight is 717 g/mol. The van der Waals surface area contributed by atoms with Crippen molar-refractivity contribution in [3.63, 3.8) is 0 Å². The minimum absolute atomic E-state index is 0.394. The first-order chi connectivity index (χ1) is 25.2. The molecule has 7 aromatic rings. The second-order valence-corrected chi connectivity index (χ2v) is 14.6. The van der Waals surface area contributed by atoms with Crippen LogP contribution in [0.25, 0.3) is 39.0 Å². The number of benzene rings is 7. The molecule has 1 spiro atoms. The van der Waals surface area contributed by atoms with Crippen molar-refractivity contribution in [1.29, 1.82) is 0 Å². The molecular formula is C49H34BrN. The van der Waals surface area contributed by atoms with E-state index in [9.17, 15) is 0 Å². The molecule has 0 radical (unpaired) electrons. The second-order valence-electron chi connectivity index (χ2n) is 13.7. The summed E-state index contributed by atoms with van der Waals surface area (Å²) in [6.45, 7) is 0. The van der Waals surface area contributed by atoms with E-state index < -0.39 is 5.41 Å². The fourth-order valence-corrected chi connectivity index (χ4v) is 9.19. The van der Waals surface area contributed by atoms with Gasteiger partial charge in [-0.1, -0.05) is 162 Å². The molecule has 0 fully saturated rings. The van der Waals surface area contributed by atoms with Gasteiger partial charge in [0, 0.05) is 21.4 Å². The zero-order chi connectivity index (χ0) is 33.9. The Morgan fingerprint density at radius 1 is 0.431 bits per heavy atom. The predicted molar refractivity (Wildman–Crippen MR) is 216 cm³/mol. The number of halogens is 1. The van der Waals surface area contributed by atoms with Crippen LogP contribution in [0.4, 0.5) is 11.4 Å². The van der Waals surface area contributed by atoms with E-state index in [1.54, 1.807) is 0 Å². The highest BCUT2D eigenvalue weighted by molar-refractivity contribution is 9.10. The Balaban J connectivity index is 1.22. The molecule has 0 unspecified atom stereocenters. The van der Waals surface area contributed by atoms with Crippen LogP contribution in [0.1, 0.15) is 40.7 Å². The predicted octanol–water partition coefficient (Wildman–Crippen LogP) is 13.4. The van der Waals surface area contributed by atoms with Gasteiger partial charge in [-0.15, -0.1) is 0 Å². The van der Waals surface area contributed by atoms with E-state index >= 15 is 0 Å². The minimum atomic E-state index is -0.394. The van der Waals surface area contributed by atoms with Crippen molar-refractivity contribution in [2.75, 3.05) is 4.90 Å². The summed E-state index contributed by atoms with van der Waals surface area (Å²) in [5.74, 6) is 0. The van der Waals surface area contributed by atoms with Gasteiger partial charge in [0.2, 0.25) is 0 Å². The van der Waals surface area contributed by atoms with Gasteiger partial charge in [-0.05, 0) is 110 Å². The molecule has 0 aromatic heterocycles. The number of para-hydroxylation sites is 1. The monoisotopic (exact) mass is 715 g/mol. The quantitative estimate of drug-likeness (QED) is 0.171. The number of allylic oxidation sites excluding steroid dienone is 4. The summed E-state index contributed by atoms with van der Waals surface area (Å²) in [6, 6.07) is 62.8. The van der Waals surface area contributed by atoms with Crippen molar-refractivity contribution < 1.29 is 0 Å². The molecule has 0 N–H and O–H groups in total. The van der Waals surface area contributed by atoms with Crippen LogP contribution in [0.2, 0.25) is 0 Å². The highest BCUT2D eigenvalue weighted by atomic mass is 79.9. The first-order valence-electron chi connectivity index (χ1n) is 17.8. The number of hydrogen-bond acceptors (Lipinski definition) is 1. The Morgan fingerprint density at radius 3 is 1.59 bits per heavy atom. The van der Waals surface area contributed by atoms with Crippen LogP contribution >= 0.6 is 15.9 Å². The molecule has 0 aliphatic heterocycles. The number of nitrogens with zero attached hydrogens (tertiary/aromatic N) is 1. The summed E-state index contributed by atoms with van der Waals surface area (Å²) in [4.78, 5) is 2.53. The Bertz CT molecular complexity index is 2480. The fourth-order valence-electron chi connectivity index (χ4n) is 8.93. The standard InChI is InChI=1S/C49H34BrN/c50-36-26-22-33(23-27-36)34-24-28-37(29-25-34)51(48-21-11-7-14-39(48)35-12-2-1-3-13-35)38-30-31-43-42-17-6-10-20-46(42)49(47(43)32-38)44-18-8-4-15-40(44)41-16-5-9-19-45(41)49/h1-24,26-28,30-32H,25,29H2. The van der Waals surface area contributed by atoms with Crippen molar-refractivity contribution in [2.45, 2.75) is 18.3 Å². The lowest BCUT2D eigenvalue weighted by atomic mass is 9.70. The Morgan fingerprint density at radius 2 is 0.980 bits per heavy atom. The van der Waals surface area contributed by atoms with Crippen LogP contribution in [0.5, 0.6) is 0 Å². The Labute approximate surface area is 308 Å². The van der Waals surface area contributed by atoms with Crippen LogP contribution in [0, 0.1) is 0 Å². The molecule has 0 amide bonds. The Hall–Kier alpha value is -5.70. The van der Waals surface area contributed by atoms with Crippen molar-refractivity contribution in [3.05, 3.63) is 220 Å². The molecule has 0 heterocycles. The minimum Gasteiger partial charge on any atom is -0.314 e. The van der Waals surface area contributed by atoms with Crippen molar-refractivity contribution in [2.24, 2.45) is 0 Å². The lowest BCUT2D eigenvalue weighted by molar-refractivity contribution is 0.793. The normalized spacial score (nSPS) is 14.6. The summed E-state index contributed by atoms with van der Waals surface area (Å²) in [6.07, 6.45) is 6.58. The van der Waals surface area contributed by atoms with E-state index in [2.05, 4.69) is 203 Å². The number of rotatable bonds is 5. The third kappa shape index (κ3) is 4.60. The van der Waals surface area contributed by atoms with Crippen LogP contribution < -0.4 is 4.90 Å². The first-order valence-corrected chi connectivity index (χ1v) is 18.6. The molecule has 0 atom stereocenters. The van der Waals surface area contributed by atoms with Gasteiger partial charge in [-0.3, -0.25) is 0 Å². The maximum Gasteiger partial charge on any atom is 0.0726 e. The van der Waals surface area contributed by atoms with Gasteiger partial charge in [-0.25, -0.2) is 0 Å². The second kappa shape index (κ2) is 12.0. The summed E-state index contributed by atoms with van der Waals surface area (Å²) < 4.78 is 1.10. The number of hydrogen-bond donors (Lipinski definition) is 0. The van der Waals surface area contributed by atoms with Gasteiger partial charge in [0.15, 0.2) is 0 Å². The highest BCUT2D eigenvalue weighted by Gasteiger charge is 2.51. The number of fused-ring (bicyclic) bond motifs is 10. The Kier molecular flexibility index (Phi) is 7.08. The van der Waals surface area contributed by atoms with E-state index in [0.717, 1.165) is 17.3 Å². The smallest absolute Gasteiger partial charge is 0.0726 e. The fraction of sp³-hybridized carbons (Fsp3) is 0.0612. The van der Waals surface area contributed by atoms with Crippen LogP contribution in [0.3, 0.4) is 0 Å². The molecule has 0 saturated carbocycles. The number of anilines is 2. The van der Waals surface area contributed by atoms with E-state index in [1.165, 1.54) is 83.8 Å². The van der Waals surface area contributed by atoms with Crippen LogP contribution in [-0.4, -0.2) is 0 Å². The highest BCUT2D eigenvalue weighted by Crippen LogP contribution is 2.63. The van der Waals surface area contributed by atoms with Gasteiger partial charge in [-0.2, -0.15) is 0 Å². The van der Waals surface area contributed by atoms with Gasteiger partial charge in [0.25, 0.3) is 0 Å². The third-order valence-corrected chi connectivity index (χ3v) is 11.6. The van der Waals surface area contributed by atoms with E-state index in [1.807, 2.05) is 0 Å². The largest absolute Gasteiger partial charge is 0.314 e. The molecule has 10 rings (SSSR count). The molecule has 51 heavy (non-hydrogen) atoms. The molecule has 1 nitrogen and oxygen atoms in total. The maximum absolute atomic E-state index is 3.61. The van der Waals surface area contributed by atoms with Crippen molar-refractivity contribution in [1.82, 2.24) is 0 Å². The molecule has 2 heteroatoms. The maximum atomic E-state index is 3.61. The summed E-state index contributed by atoms with van der Waals surface area (Å²) in [7, 11) is 0. The topological polar surface area (TPSA) is 3.24 Å². The zero-order valence-corrected chi connectivity index (χ0v) is 29.6. The van der Waals surface area contributed by atoms with E-state index in [0.29, 0.717) is 0 Å². The van der Waals surface area contributed by atoms with Gasteiger partial charge < -0.3 is 4.90 Å². The average Bonchev–Trinajstić information content (AvgIpc) is 3.66.